The number of pyridine rings is 2. The lowest BCUT2D eigenvalue weighted by Gasteiger charge is -2.31. The quantitative estimate of drug-likeness (QED) is 0.183. The highest BCUT2D eigenvalue weighted by Gasteiger charge is 2.47. The van der Waals surface area contributed by atoms with Crippen molar-refractivity contribution in [3.05, 3.63) is 88.5 Å². The van der Waals surface area contributed by atoms with Crippen molar-refractivity contribution in [3.8, 4) is 17.0 Å². The number of aromatic nitrogens is 2. The molecule has 45 heavy (non-hydrogen) atoms. The number of ether oxygens (including phenoxy) is 1. The van der Waals surface area contributed by atoms with E-state index in [1.54, 1.807) is 18.3 Å². The van der Waals surface area contributed by atoms with Gasteiger partial charge < -0.3 is 20.3 Å². The number of halogens is 4. The monoisotopic (exact) mass is 623 g/mol. The van der Waals surface area contributed by atoms with Crippen LogP contribution in [0.2, 0.25) is 0 Å². The van der Waals surface area contributed by atoms with E-state index in [-0.39, 0.29) is 41.1 Å². The van der Waals surface area contributed by atoms with Crippen molar-refractivity contribution in [1.82, 2.24) is 15.3 Å². The molecule has 0 spiro atoms. The molecule has 2 saturated carbocycles. The Bertz CT molecular complexity index is 1780. The Kier molecular flexibility index (Phi) is 7.60. The lowest BCUT2D eigenvalue weighted by Crippen LogP contribution is -2.43. The minimum Gasteiger partial charge on any atom is -0.488 e. The molecule has 0 saturated heterocycles. The van der Waals surface area contributed by atoms with Crippen molar-refractivity contribution in [2.75, 3.05) is 6.54 Å². The summed E-state index contributed by atoms with van der Waals surface area (Å²) in [6, 6.07) is 10.3. The number of hydrogen-bond acceptors (Lipinski definition) is 6. The van der Waals surface area contributed by atoms with Crippen molar-refractivity contribution >= 4 is 16.8 Å². The molecule has 2 aliphatic carbocycles. The molecular formula is C34H33F4N3O4. The van der Waals surface area contributed by atoms with E-state index in [0.29, 0.717) is 29.7 Å². The number of aryl methyl sites for hydroxylation is 1. The van der Waals surface area contributed by atoms with Gasteiger partial charge in [0.25, 0.3) is 5.91 Å². The Labute approximate surface area is 257 Å². The summed E-state index contributed by atoms with van der Waals surface area (Å²) in [4.78, 5) is 22.4. The molecule has 2 fully saturated rings. The van der Waals surface area contributed by atoms with Crippen LogP contribution >= 0.6 is 0 Å². The van der Waals surface area contributed by atoms with E-state index < -0.39 is 34.7 Å². The van der Waals surface area contributed by atoms with Gasteiger partial charge in [0, 0.05) is 28.3 Å². The Morgan fingerprint density at radius 3 is 2.31 bits per heavy atom. The van der Waals surface area contributed by atoms with Gasteiger partial charge in [0.1, 0.15) is 22.6 Å². The average molecular weight is 624 g/mol. The van der Waals surface area contributed by atoms with E-state index in [1.165, 1.54) is 19.9 Å². The summed E-state index contributed by atoms with van der Waals surface area (Å²) in [7, 11) is 0. The molecule has 7 nitrogen and oxygen atoms in total. The van der Waals surface area contributed by atoms with Crippen LogP contribution in [0.5, 0.6) is 5.75 Å². The standard InChI is InChI=1S/C34H33F4N3O4/c1-18-12-20-13-21(14-26(29(20)39-16-18)45-24-10-11-24)31(42)40-17-33(44,22-8-9-22)27-15-25(32(2,3)43)28(35)30(41-27)19-4-6-23(7-5-19)34(36,37)38/h4-7,12-16,22,24,43-44H,8-11,17H2,1-3H3,(H,40,42). The van der Waals surface area contributed by atoms with Crippen molar-refractivity contribution in [2.24, 2.45) is 5.92 Å². The second-order valence-electron chi connectivity index (χ2n) is 12.6. The number of nitrogens with zero attached hydrogens (tertiary/aromatic N) is 2. The zero-order valence-corrected chi connectivity index (χ0v) is 25.0. The third kappa shape index (κ3) is 6.37. The first kappa shape index (κ1) is 30.9. The summed E-state index contributed by atoms with van der Waals surface area (Å²) in [6.07, 6.45) is 0.281. The average Bonchev–Trinajstić information content (AvgIpc) is 3.90. The minimum absolute atomic E-state index is 0.00480. The molecule has 236 valence electrons. The normalized spacial score (nSPS) is 16.8. The predicted octanol–water partition coefficient (Wildman–Crippen LogP) is 6.56. The van der Waals surface area contributed by atoms with Gasteiger partial charge in [-0.1, -0.05) is 12.1 Å². The molecule has 4 aromatic rings. The molecule has 0 radical (unpaired) electrons. The molecule has 6 rings (SSSR count). The molecular weight excluding hydrogens is 590 g/mol. The van der Waals surface area contributed by atoms with Crippen LogP contribution in [-0.2, 0) is 17.4 Å². The minimum atomic E-state index is -4.58. The van der Waals surface area contributed by atoms with Crippen LogP contribution in [0, 0.1) is 18.7 Å². The molecule has 0 bridgehead atoms. The third-order valence-corrected chi connectivity index (χ3v) is 8.28. The number of carbonyl (C=O) groups excluding carboxylic acids is 1. The van der Waals surface area contributed by atoms with Crippen LogP contribution in [-0.4, -0.2) is 38.7 Å². The Morgan fingerprint density at radius 1 is 1.02 bits per heavy atom. The van der Waals surface area contributed by atoms with Crippen molar-refractivity contribution in [2.45, 2.75) is 69.9 Å². The van der Waals surface area contributed by atoms with E-state index in [9.17, 15) is 28.2 Å². The SMILES string of the molecule is Cc1cnc2c(OC3CC3)cc(C(=O)NCC(O)(c3cc(C(C)(C)O)c(F)c(-c4ccc(C(F)(F)F)cc4)n3)C3CC3)cc2c1. The first-order valence-electron chi connectivity index (χ1n) is 14.8. The van der Waals surface area contributed by atoms with Gasteiger partial charge in [-0.2, -0.15) is 13.2 Å². The maximum Gasteiger partial charge on any atom is 0.416 e. The van der Waals surface area contributed by atoms with Gasteiger partial charge in [0.15, 0.2) is 5.82 Å². The van der Waals surface area contributed by atoms with Gasteiger partial charge in [-0.3, -0.25) is 9.78 Å². The smallest absolute Gasteiger partial charge is 0.416 e. The molecule has 0 aliphatic heterocycles. The maximum absolute atomic E-state index is 15.8. The molecule has 2 aromatic carbocycles. The lowest BCUT2D eigenvalue weighted by atomic mass is 9.87. The fraction of sp³-hybridized carbons (Fsp3) is 0.382. The van der Waals surface area contributed by atoms with E-state index in [0.717, 1.165) is 48.1 Å². The van der Waals surface area contributed by atoms with E-state index >= 15 is 4.39 Å². The van der Waals surface area contributed by atoms with Gasteiger partial charge in [-0.25, -0.2) is 9.37 Å². The summed E-state index contributed by atoms with van der Waals surface area (Å²) in [5.41, 5.74) is -2.99. The zero-order chi connectivity index (χ0) is 32.3. The fourth-order valence-corrected chi connectivity index (χ4v) is 5.44. The van der Waals surface area contributed by atoms with E-state index in [2.05, 4.69) is 15.3 Å². The summed E-state index contributed by atoms with van der Waals surface area (Å²) in [5, 5.41) is 26.4. The first-order chi connectivity index (χ1) is 21.1. The Hall–Kier alpha value is -4.09. The van der Waals surface area contributed by atoms with Crippen LogP contribution in [0.4, 0.5) is 17.6 Å². The summed E-state index contributed by atoms with van der Waals surface area (Å²) in [5.74, 6) is -1.24. The molecule has 2 heterocycles. The van der Waals surface area contributed by atoms with Crippen molar-refractivity contribution in [3.63, 3.8) is 0 Å². The summed E-state index contributed by atoms with van der Waals surface area (Å²) >= 11 is 0. The van der Waals surface area contributed by atoms with Gasteiger partial charge in [-0.15, -0.1) is 0 Å². The maximum atomic E-state index is 15.8. The Morgan fingerprint density at radius 2 is 1.71 bits per heavy atom. The topological polar surface area (TPSA) is 105 Å². The number of fused-ring (bicyclic) bond motifs is 1. The number of amides is 1. The van der Waals surface area contributed by atoms with Crippen molar-refractivity contribution in [1.29, 1.82) is 0 Å². The van der Waals surface area contributed by atoms with Crippen LogP contribution in [0.25, 0.3) is 22.2 Å². The molecule has 3 N–H and O–H groups in total. The van der Waals surface area contributed by atoms with E-state index in [1.807, 2.05) is 13.0 Å². The highest BCUT2D eigenvalue weighted by atomic mass is 19.4. The number of rotatable bonds is 9. The second kappa shape index (κ2) is 11.1. The number of nitrogens with one attached hydrogen (secondary N) is 1. The zero-order valence-electron chi connectivity index (χ0n) is 25.0. The Balaban J connectivity index is 1.35. The van der Waals surface area contributed by atoms with Gasteiger partial charge in [-0.05, 0) is 94.3 Å². The van der Waals surface area contributed by atoms with Crippen LogP contribution in [0.1, 0.15) is 72.3 Å². The number of benzene rings is 2. The van der Waals surface area contributed by atoms with E-state index in [4.69, 9.17) is 4.74 Å². The second-order valence-corrected chi connectivity index (χ2v) is 12.6. The van der Waals surface area contributed by atoms with Crippen LogP contribution in [0.3, 0.4) is 0 Å². The molecule has 11 heteroatoms. The largest absolute Gasteiger partial charge is 0.488 e. The highest BCUT2D eigenvalue weighted by molar-refractivity contribution is 6.00. The molecule has 2 aromatic heterocycles. The highest BCUT2D eigenvalue weighted by Crippen LogP contribution is 2.46. The first-order valence-corrected chi connectivity index (χ1v) is 14.8. The van der Waals surface area contributed by atoms with Crippen LogP contribution < -0.4 is 10.1 Å². The number of aliphatic hydroxyl groups is 2. The molecule has 1 atom stereocenters. The fourth-order valence-electron chi connectivity index (χ4n) is 5.44. The lowest BCUT2D eigenvalue weighted by molar-refractivity contribution is -0.137. The third-order valence-electron chi connectivity index (χ3n) is 8.28. The van der Waals surface area contributed by atoms with Gasteiger partial charge >= 0.3 is 6.18 Å². The van der Waals surface area contributed by atoms with Gasteiger partial charge in [0.2, 0.25) is 0 Å². The number of carbonyl (C=O) groups is 1. The summed E-state index contributed by atoms with van der Waals surface area (Å²) in [6.45, 7) is 4.34. The molecule has 2 aliphatic rings. The summed E-state index contributed by atoms with van der Waals surface area (Å²) < 4.78 is 61.4. The molecule has 1 amide bonds. The van der Waals surface area contributed by atoms with Gasteiger partial charge in [0.05, 0.1) is 29.5 Å². The van der Waals surface area contributed by atoms with Crippen LogP contribution in [0.15, 0.2) is 54.7 Å². The predicted molar refractivity (Wildman–Crippen MR) is 159 cm³/mol. The number of alkyl halides is 3. The van der Waals surface area contributed by atoms with Crippen molar-refractivity contribution < 1.29 is 37.3 Å². The number of hydrogen-bond donors (Lipinski definition) is 3. The molecule has 1 unspecified atom stereocenters.